The van der Waals surface area contributed by atoms with Gasteiger partial charge in [-0.25, -0.2) is 15.0 Å². The molecule has 4 nitrogen and oxygen atoms in total. The van der Waals surface area contributed by atoms with Gasteiger partial charge >= 0.3 is 0 Å². The Morgan fingerprint density at radius 1 is 0.380 bits per heavy atom. The topological polar surface area (TPSA) is 51.8 Å². The SMILES string of the molecule is c1ccc(-c2nc(-c3ccccc3)nc(-c3cccc4oc5c(-c6ccc(-c7ccccc7)c7c6sc6ccccc67)cccc5c34)n2)cc1. The van der Waals surface area contributed by atoms with Gasteiger partial charge in [-0.2, -0.15) is 0 Å². The van der Waals surface area contributed by atoms with Gasteiger partial charge in [-0.3, -0.25) is 0 Å². The zero-order chi connectivity index (χ0) is 33.0. The number of aromatic nitrogens is 3. The first kappa shape index (κ1) is 28.6. The minimum Gasteiger partial charge on any atom is -0.455 e. The van der Waals surface area contributed by atoms with Gasteiger partial charge in [0.05, 0.1) is 0 Å². The van der Waals surface area contributed by atoms with Crippen molar-refractivity contribution in [3.63, 3.8) is 0 Å². The summed E-state index contributed by atoms with van der Waals surface area (Å²) in [6.07, 6.45) is 0. The molecule has 0 unspecified atom stereocenters. The Labute approximate surface area is 292 Å². The molecule has 7 aromatic carbocycles. The smallest absolute Gasteiger partial charge is 0.164 e. The molecule has 0 aliphatic carbocycles. The molecule has 0 aliphatic rings. The van der Waals surface area contributed by atoms with Crippen LogP contribution in [0.2, 0.25) is 0 Å². The second kappa shape index (κ2) is 11.6. The molecule has 0 atom stereocenters. The Morgan fingerprint density at radius 3 is 1.66 bits per heavy atom. The lowest BCUT2D eigenvalue weighted by molar-refractivity contribution is 0.670. The summed E-state index contributed by atoms with van der Waals surface area (Å²) in [5.41, 5.74) is 9.08. The van der Waals surface area contributed by atoms with Crippen LogP contribution in [0.1, 0.15) is 0 Å². The number of para-hydroxylation sites is 1. The summed E-state index contributed by atoms with van der Waals surface area (Å²) in [4.78, 5) is 15.0. The summed E-state index contributed by atoms with van der Waals surface area (Å²) in [5.74, 6) is 1.87. The van der Waals surface area contributed by atoms with Crippen molar-refractivity contribution in [3.05, 3.63) is 164 Å². The van der Waals surface area contributed by atoms with Gasteiger partial charge in [0, 0.05) is 58.8 Å². The van der Waals surface area contributed by atoms with E-state index in [0.717, 1.165) is 49.8 Å². The molecule has 0 fully saturated rings. The molecule has 5 heteroatoms. The van der Waals surface area contributed by atoms with E-state index in [9.17, 15) is 0 Å². The largest absolute Gasteiger partial charge is 0.455 e. The quantitative estimate of drug-likeness (QED) is 0.185. The van der Waals surface area contributed by atoms with Gasteiger partial charge in [-0.1, -0.05) is 152 Å². The van der Waals surface area contributed by atoms with Gasteiger partial charge in [0.1, 0.15) is 11.2 Å². The lowest BCUT2D eigenvalue weighted by Gasteiger charge is -2.10. The van der Waals surface area contributed by atoms with Crippen molar-refractivity contribution in [2.24, 2.45) is 0 Å². The van der Waals surface area contributed by atoms with Crippen LogP contribution in [-0.4, -0.2) is 15.0 Å². The van der Waals surface area contributed by atoms with E-state index in [2.05, 4.69) is 91.0 Å². The lowest BCUT2D eigenvalue weighted by atomic mass is 9.94. The highest BCUT2D eigenvalue weighted by atomic mass is 32.1. The average molecular weight is 658 g/mol. The molecule has 0 amide bonds. The number of furan rings is 1. The van der Waals surface area contributed by atoms with E-state index in [1.54, 1.807) is 0 Å². The lowest BCUT2D eigenvalue weighted by Crippen LogP contribution is -2.00. The summed E-state index contributed by atoms with van der Waals surface area (Å²) < 4.78 is 9.32. The van der Waals surface area contributed by atoms with Crippen molar-refractivity contribution in [2.45, 2.75) is 0 Å². The standard InChI is InChI=1S/C45H27N3OS/c1-4-14-28(15-5-1)31-26-27-33(42-40(31)34-20-10-11-25-38(34)50-42)32-21-12-22-35-39-36(23-13-24-37(39)49-41(32)35)45-47-43(29-16-6-2-7-17-29)46-44(48-45)30-18-8-3-9-19-30/h1-27H. The van der Waals surface area contributed by atoms with E-state index in [0.29, 0.717) is 17.5 Å². The Hall–Kier alpha value is -6.43. The fraction of sp³-hybridized carbons (Fsp3) is 0. The van der Waals surface area contributed by atoms with Crippen LogP contribution in [-0.2, 0) is 0 Å². The molecule has 10 aromatic rings. The minimum atomic E-state index is 0.607. The highest BCUT2D eigenvalue weighted by Crippen LogP contribution is 2.47. The second-order valence-electron chi connectivity index (χ2n) is 12.3. The first-order chi connectivity index (χ1) is 24.8. The van der Waals surface area contributed by atoms with Crippen molar-refractivity contribution < 1.29 is 4.42 Å². The van der Waals surface area contributed by atoms with Crippen LogP contribution in [0.3, 0.4) is 0 Å². The maximum atomic E-state index is 6.80. The molecular formula is C45H27N3OS. The van der Waals surface area contributed by atoms with Crippen molar-refractivity contribution in [2.75, 3.05) is 0 Å². The van der Waals surface area contributed by atoms with Crippen LogP contribution in [0.5, 0.6) is 0 Å². The van der Waals surface area contributed by atoms with Crippen molar-refractivity contribution in [3.8, 4) is 56.4 Å². The maximum Gasteiger partial charge on any atom is 0.164 e. The summed E-state index contributed by atoms with van der Waals surface area (Å²) >= 11 is 1.84. The summed E-state index contributed by atoms with van der Waals surface area (Å²) in [7, 11) is 0. The van der Waals surface area contributed by atoms with Gasteiger partial charge in [-0.15, -0.1) is 11.3 Å². The summed E-state index contributed by atoms with van der Waals surface area (Å²) in [6, 6.07) is 56.6. The fourth-order valence-electron chi connectivity index (χ4n) is 7.07. The van der Waals surface area contributed by atoms with Crippen LogP contribution in [0.4, 0.5) is 0 Å². The fourth-order valence-corrected chi connectivity index (χ4v) is 8.33. The summed E-state index contributed by atoms with van der Waals surface area (Å²) in [5, 5.41) is 4.56. The van der Waals surface area contributed by atoms with Crippen LogP contribution < -0.4 is 0 Å². The molecule has 0 saturated carbocycles. The predicted molar refractivity (Wildman–Crippen MR) is 207 cm³/mol. The van der Waals surface area contributed by atoms with Crippen LogP contribution >= 0.6 is 11.3 Å². The van der Waals surface area contributed by atoms with Gasteiger partial charge in [-0.05, 0) is 23.3 Å². The van der Waals surface area contributed by atoms with E-state index in [-0.39, 0.29) is 0 Å². The molecule has 50 heavy (non-hydrogen) atoms. The zero-order valence-corrected chi connectivity index (χ0v) is 27.6. The van der Waals surface area contributed by atoms with E-state index >= 15 is 0 Å². The van der Waals surface area contributed by atoms with Crippen molar-refractivity contribution in [1.82, 2.24) is 15.0 Å². The predicted octanol–water partition coefficient (Wildman–Crippen LogP) is 12.5. The van der Waals surface area contributed by atoms with Gasteiger partial charge in [0.25, 0.3) is 0 Å². The molecule has 0 N–H and O–H groups in total. The molecule has 3 heterocycles. The number of hydrogen-bond acceptors (Lipinski definition) is 5. The molecule has 0 bridgehead atoms. The molecule has 0 aliphatic heterocycles. The number of thiophene rings is 1. The molecule has 3 aromatic heterocycles. The van der Waals surface area contributed by atoms with Crippen LogP contribution in [0.25, 0.3) is 98.5 Å². The van der Waals surface area contributed by atoms with Gasteiger partial charge < -0.3 is 4.42 Å². The van der Waals surface area contributed by atoms with E-state index < -0.39 is 0 Å². The third kappa shape index (κ3) is 4.63. The molecule has 0 spiro atoms. The first-order valence-corrected chi connectivity index (χ1v) is 17.4. The molecule has 10 rings (SSSR count). The Balaban J connectivity index is 1.21. The monoisotopic (exact) mass is 657 g/mol. The Bertz CT molecular complexity index is 2800. The number of nitrogens with zero attached hydrogens (tertiary/aromatic N) is 3. The van der Waals surface area contributed by atoms with Crippen LogP contribution in [0, 0.1) is 0 Å². The Kier molecular flexibility index (Phi) is 6.64. The van der Waals surface area contributed by atoms with E-state index in [1.807, 2.05) is 84.1 Å². The molecule has 0 saturated heterocycles. The highest BCUT2D eigenvalue weighted by molar-refractivity contribution is 7.26. The number of fused-ring (bicyclic) bond motifs is 6. The first-order valence-electron chi connectivity index (χ1n) is 16.6. The average Bonchev–Trinajstić information content (AvgIpc) is 3.78. The molecule has 234 valence electrons. The number of hydrogen-bond donors (Lipinski definition) is 0. The third-order valence-electron chi connectivity index (χ3n) is 9.36. The second-order valence-corrected chi connectivity index (χ2v) is 13.4. The normalized spacial score (nSPS) is 11.6. The van der Waals surface area contributed by atoms with Gasteiger partial charge in [0.15, 0.2) is 17.5 Å². The Morgan fingerprint density at radius 2 is 0.940 bits per heavy atom. The van der Waals surface area contributed by atoms with Crippen molar-refractivity contribution in [1.29, 1.82) is 0 Å². The van der Waals surface area contributed by atoms with Crippen LogP contribution in [0.15, 0.2) is 168 Å². The minimum absolute atomic E-state index is 0.607. The number of benzene rings is 7. The molecule has 0 radical (unpaired) electrons. The maximum absolute atomic E-state index is 6.80. The molecular weight excluding hydrogens is 631 g/mol. The summed E-state index contributed by atoms with van der Waals surface area (Å²) in [6.45, 7) is 0. The number of rotatable bonds is 5. The highest BCUT2D eigenvalue weighted by Gasteiger charge is 2.22. The van der Waals surface area contributed by atoms with E-state index in [4.69, 9.17) is 19.4 Å². The zero-order valence-electron chi connectivity index (χ0n) is 26.7. The van der Waals surface area contributed by atoms with E-state index in [1.165, 1.54) is 31.3 Å². The third-order valence-corrected chi connectivity index (χ3v) is 10.6. The van der Waals surface area contributed by atoms with Crippen molar-refractivity contribution >= 4 is 53.4 Å². The van der Waals surface area contributed by atoms with Gasteiger partial charge in [0.2, 0.25) is 0 Å².